The van der Waals surface area contributed by atoms with E-state index in [1.165, 1.54) is 0 Å². The lowest BCUT2D eigenvalue weighted by Gasteiger charge is -2.08. The number of aryl methyl sites for hydroxylation is 2. The van der Waals surface area contributed by atoms with Crippen molar-refractivity contribution in [3.05, 3.63) is 59.4 Å². The zero-order chi connectivity index (χ0) is 20.1. The molecule has 0 atom stereocenters. The number of rotatable bonds is 7. The molecule has 3 rings (SSSR count). The first-order valence-corrected chi connectivity index (χ1v) is 9.09. The summed E-state index contributed by atoms with van der Waals surface area (Å²) in [5.41, 5.74) is 3.46. The van der Waals surface area contributed by atoms with Gasteiger partial charge in [-0.25, -0.2) is 4.98 Å². The largest absolute Gasteiger partial charge is 0.497 e. The van der Waals surface area contributed by atoms with Gasteiger partial charge in [0.15, 0.2) is 0 Å². The molecule has 7 nitrogen and oxygen atoms in total. The number of nitrogens with one attached hydrogen (secondary N) is 2. The molecule has 0 aliphatic rings. The molecule has 28 heavy (non-hydrogen) atoms. The van der Waals surface area contributed by atoms with E-state index in [4.69, 9.17) is 4.74 Å². The number of amides is 2. The highest BCUT2D eigenvalue weighted by molar-refractivity contribution is 5.94. The number of hydrogen-bond donors (Lipinski definition) is 2. The molecule has 1 aromatic heterocycles. The summed E-state index contributed by atoms with van der Waals surface area (Å²) in [7, 11) is 3.53. The molecule has 2 amide bonds. The molecular weight excluding hydrogens is 356 g/mol. The number of benzene rings is 2. The second-order valence-electron chi connectivity index (χ2n) is 6.56. The van der Waals surface area contributed by atoms with Crippen LogP contribution in [0.2, 0.25) is 0 Å². The molecule has 0 unspecified atom stereocenters. The zero-order valence-electron chi connectivity index (χ0n) is 16.3. The van der Waals surface area contributed by atoms with Gasteiger partial charge >= 0.3 is 0 Å². The van der Waals surface area contributed by atoms with Gasteiger partial charge in [0.2, 0.25) is 5.91 Å². The van der Waals surface area contributed by atoms with Crippen LogP contribution < -0.4 is 15.4 Å². The number of methoxy groups -OCH3 is 1. The van der Waals surface area contributed by atoms with Crippen molar-refractivity contribution in [2.75, 3.05) is 13.7 Å². The van der Waals surface area contributed by atoms with Crippen LogP contribution in [0.5, 0.6) is 5.75 Å². The van der Waals surface area contributed by atoms with Crippen molar-refractivity contribution < 1.29 is 14.3 Å². The molecule has 0 radical (unpaired) electrons. The van der Waals surface area contributed by atoms with Gasteiger partial charge in [-0.3, -0.25) is 9.59 Å². The number of imidazole rings is 1. The van der Waals surface area contributed by atoms with E-state index in [-0.39, 0.29) is 24.8 Å². The van der Waals surface area contributed by atoms with Gasteiger partial charge in [0.05, 0.1) is 18.1 Å². The second kappa shape index (κ2) is 8.56. The van der Waals surface area contributed by atoms with Gasteiger partial charge in [0.25, 0.3) is 5.91 Å². The van der Waals surface area contributed by atoms with Gasteiger partial charge in [0.1, 0.15) is 11.6 Å². The minimum Gasteiger partial charge on any atom is -0.497 e. The number of carbonyl (C=O) groups is 2. The van der Waals surface area contributed by atoms with Crippen LogP contribution in [0.4, 0.5) is 0 Å². The van der Waals surface area contributed by atoms with Crippen LogP contribution in [0.1, 0.15) is 28.2 Å². The number of fused-ring (bicyclic) bond motifs is 1. The number of carbonyl (C=O) groups excluding carboxylic acids is 2. The smallest absolute Gasteiger partial charge is 0.251 e. The maximum atomic E-state index is 12.1. The molecule has 0 aliphatic carbocycles. The maximum absolute atomic E-state index is 12.1. The van der Waals surface area contributed by atoms with Gasteiger partial charge in [-0.2, -0.15) is 0 Å². The molecule has 0 saturated carbocycles. The first kappa shape index (κ1) is 19.4. The third kappa shape index (κ3) is 4.49. The highest BCUT2D eigenvalue weighted by Crippen LogP contribution is 2.16. The first-order chi connectivity index (χ1) is 13.5. The maximum Gasteiger partial charge on any atom is 0.251 e. The Morgan fingerprint density at radius 1 is 1.14 bits per heavy atom. The predicted octanol–water partition coefficient (Wildman–Crippen LogP) is 2.33. The van der Waals surface area contributed by atoms with Crippen LogP contribution in [-0.4, -0.2) is 35.0 Å². The van der Waals surface area contributed by atoms with Gasteiger partial charge in [-0.1, -0.05) is 12.1 Å². The minimum absolute atomic E-state index is 0.122. The van der Waals surface area contributed by atoms with Crippen molar-refractivity contribution in [2.24, 2.45) is 7.05 Å². The highest BCUT2D eigenvalue weighted by Gasteiger charge is 2.09. The lowest BCUT2D eigenvalue weighted by atomic mass is 10.2. The summed E-state index contributed by atoms with van der Waals surface area (Å²) < 4.78 is 7.14. The summed E-state index contributed by atoms with van der Waals surface area (Å²) in [6, 6.07) is 12.8. The summed E-state index contributed by atoms with van der Waals surface area (Å²) in [5.74, 6) is 1.21. The average molecular weight is 380 g/mol. The fraction of sp³-hybridized carbons (Fsp3) is 0.286. The Hall–Kier alpha value is -3.35. The quantitative estimate of drug-likeness (QED) is 0.659. The molecule has 0 bridgehead atoms. The van der Waals surface area contributed by atoms with E-state index < -0.39 is 0 Å². The van der Waals surface area contributed by atoms with Crippen LogP contribution in [0.15, 0.2) is 42.5 Å². The van der Waals surface area contributed by atoms with Crippen molar-refractivity contribution in [1.29, 1.82) is 0 Å². The molecule has 0 fully saturated rings. The summed E-state index contributed by atoms with van der Waals surface area (Å²) in [4.78, 5) is 28.7. The molecule has 0 spiro atoms. The lowest BCUT2D eigenvalue weighted by Crippen LogP contribution is -2.30. The van der Waals surface area contributed by atoms with E-state index in [1.807, 2.05) is 36.7 Å². The topological polar surface area (TPSA) is 85.2 Å². The van der Waals surface area contributed by atoms with Crippen molar-refractivity contribution in [3.8, 4) is 5.75 Å². The summed E-state index contributed by atoms with van der Waals surface area (Å²) in [6.45, 7) is 2.65. The molecule has 2 N–H and O–H groups in total. The number of hydrogen-bond acceptors (Lipinski definition) is 4. The van der Waals surface area contributed by atoms with E-state index in [0.29, 0.717) is 17.9 Å². The molecule has 7 heteroatoms. The van der Waals surface area contributed by atoms with Crippen LogP contribution >= 0.6 is 0 Å². The molecule has 146 valence electrons. The highest BCUT2D eigenvalue weighted by atomic mass is 16.5. The van der Waals surface area contributed by atoms with Gasteiger partial charge in [-0.15, -0.1) is 0 Å². The zero-order valence-corrected chi connectivity index (χ0v) is 16.3. The van der Waals surface area contributed by atoms with Crippen LogP contribution in [0.3, 0.4) is 0 Å². The predicted molar refractivity (Wildman–Crippen MR) is 107 cm³/mol. The fourth-order valence-electron chi connectivity index (χ4n) is 2.92. The van der Waals surface area contributed by atoms with Crippen molar-refractivity contribution in [3.63, 3.8) is 0 Å². The van der Waals surface area contributed by atoms with E-state index >= 15 is 0 Å². The molecule has 0 saturated heterocycles. The Balaban J connectivity index is 1.46. The molecule has 0 aliphatic heterocycles. The van der Waals surface area contributed by atoms with Crippen LogP contribution in [-0.2, 0) is 18.4 Å². The first-order valence-electron chi connectivity index (χ1n) is 9.09. The van der Waals surface area contributed by atoms with Crippen molar-refractivity contribution in [1.82, 2.24) is 20.2 Å². The summed E-state index contributed by atoms with van der Waals surface area (Å²) >= 11 is 0. The van der Waals surface area contributed by atoms with Crippen LogP contribution in [0.25, 0.3) is 11.0 Å². The molecule has 3 aromatic rings. The minimum atomic E-state index is -0.234. The monoisotopic (exact) mass is 380 g/mol. The van der Waals surface area contributed by atoms with Crippen molar-refractivity contribution in [2.45, 2.75) is 19.9 Å². The third-order valence-corrected chi connectivity index (χ3v) is 4.63. The third-order valence-electron chi connectivity index (χ3n) is 4.63. The fourth-order valence-corrected chi connectivity index (χ4v) is 2.92. The normalized spacial score (nSPS) is 10.7. The van der Waals surface area contributed by atoms with Crippen LogP contribution in [0, 0.1) is 6.92 Å². The molecular formula is C21H24N4O3. The van der Waals surface area contributed by atoms with Crippen molar-refractivity contribution >= 4 is 22.8 Å². The standard InChI is InChI=1S/C21H24N4O3/c1-14-24-18-11-15(7-8-19(18)25(14)2)13-23-20(26)9-10-22-21(27)16-5-4-6-17(12-16)28-3/h4-8,11-12H,9-10,13H2,1-3H3,(H,22,27)(H,23,26). The SMILES string of the molecule is COc1cccc(C(=O)NCCC(=O)NCc2ccc3c(c2)nc(C)n3C)c1. The van der Waals surface area contributed by atoms with E-state index in [1.54, 1.807) is 31.4 Å². The number of aromatic nitrogens is 2. The Morgan fingerprint density at radius 3 is 2.75 bits per heavy atom. The molecule has 1 heterocycles. The van der Waals surface area contributed by atoms with Gasteiger partial charge in [-0.05, 0) is 42.8 Å². The summed E-state index contributed by atoms with van der Waals surface area (Å²) in [6.07, 6.45) is 0.209. The lowest BCUT2D eigenvalue weighted by molar-refractivity contribution is -0.121. The van der Waals surface area contributed by atoms with Gasteiger partial charge in [0, 0.05) is 32.1 Å². The Morgan fingerprint density at radius 2 is 1.96 bits per heavy atom. The van der Waals surface area contributed by atoms with E-state index in [2.05, 4.69) is 15.6 Å². The Kier molecular flexibility index (Phi) is 5.93. The Bertz CT molecular complexity index is 1010. The summed E-state index contributed by atoms with van der Waals surface area (Å²) in [5, 5.41) is 5.62. The number of nitrogens with zero attached hydrogens (tertiary/aromatic N) is 2. The Labute approximate surface area is 163 Å². The number of ether oxygens (including phenoxy) is 1. The molecule has 2 aromatic carbocycles. The van der Waals surface area contributed by atoms with Gasteiger partial charge < -0.3 is 19.9 Å². The van der Waals surface area contributed by atoms with E-state index in [9.17, 15) is 9.59 Å². The second-order valence-corrected chi connectivity index (χ2v) is 6.56. The average Bonchev–Trinajstić information content (AvgIpc) is 2.99. The van der Waals surface area contributed by atoms with E-state index in [0.717, 1.165) is 22.4 Å².